The molecular formula is C23H26N2O2S2. The van der Waals surface area contributed by atoms with E-state index in [2.05, 4.69) is 0 Å². The van der Waals surface area contributed by atoms with Crippen molar-refractivity contribution in [1.82, 2.24) is 4.57 Å². The molecular weight excluding hydrogens is 400 g/mol. The first kappa shape index (κ1) is 21.4. The van der Waals surface area contributed by atoms with Crippen molar-refractivity contribution in [1.29, 1.82) is 0 Å². The van der Waals surface area contributed by atoms with Gasteiger partial charge in [0.1, 0.15) is 4.75 Å². The third kappa shape index (κ3) is 4.06. The number of nitrogens with two attached hydrogens (primary N) is 1. The van der Waals surface area contributed by atoms with Crippen LogP contribution in [0.2, 0.25) is 0 Å². The van der Waals surface area contributed by atoms with E-state index in [1.807, 2.05) is 74.0 Å². The predicted molar refractivity (Wildman–Crippen MR) is 123 cm³/mol. The third-order valence-corrected chi connectivity index (χ3v) is 7.65. The van der Waals surface area contributed by atoms with Gasteiger partial charge in [-0.2, -0.15) is 0 Å². The molecule has 0 aliphatic carbocycles. The van der Waals surface area contributed by atoms with Gasteiger partial charge in [-0.25, -0.2) is 13.6 Å². The van der Waals surface area contributed by atoms with Crippen LogP contribution in [-0.4, -0.2) is 17.8 Å². The van der Waals surface area contributed by atoms with Crippen LogP contribution in [-0.2, 0) is 28.2 Å². The fraction of sp³-hybridized carbons (Fsp3) is 0.261. The van der Waals surface area contributed by atoms with E-state index < -0.39 is 14.8 Å². The van der Waals surface area contributed by atoms with Crippen molar-refractivity contribution in [2.45, 2.75) is 31.9 Å². The first-order valence-electron chi connectivity index (χ1n) is 9.39. The number of aryl methyl sites for hydroxylation is 2. The fourth-order valence-corrected chi connectivity index (χ4v) is 4.92. The zero-order valence-electron chi connectivity index (χ0n) is 17.1. The maximum atomic E-state index is 12.6. The third-order valence-electron chi connectivity index (χ3n) is 5.58. The van der Waals surface area contributed by atoms with Gasteiger partial charge in [0.2, 0.25) is 10.0 Å². The minimum atomic E-state index is -3.86. The van der Waals surface area contributed by atoms with Gasteiger partial charge in [0.15, 0.2) is 0 Å². The lowest BCUT2D eigenvalue weighted by Crippen LogP contribution is -2.40. The number of nitrogens with zero attached hydrogens (tertiary/aromatic N) is 1. The van der Waals surface area contributed by atoms with Crippen LogP contribution in [0.15, 0.2) is 60.7 Å². The Balaban J connectivity index is 2.05. The van der Waals surface area contributed by atoms with E-state index in [-0.39, 0.29) is 6.42 Å². The number of aromatic nitrogens is 1. The molecule has 0 spiro atoms. The molecule has 0 aliphatic rings. The maximum absolute atomic E-state index is 12.6. The lowest BCUT2D eigenvalue weighted by Gasteiger charge is -2.28. The van der Waals surface area contributed by atoms with Crippen LogP contribution in [0.4, 0.5) is 0 Å². The van der Waals surface area contributed by atoms with Crippen molar-refractivity contribution in [3.63, 3.8) is 0 Å². The number of primary sulfonamides is 1. The molecule has 0 amide bonds. The van der Waals surface area contributed by atoms with Gasteiger partial charge in [0, 0.05) is 19.2 Å². The molecule has 1 unspecified atom stereocenters. The van der Waals surface area contributed by atoms with Gasteiger partial charge in [-0.1, -0.05) is 72.4 Å². The van der Waals surface area contributed by atoms with Crippen LogP contribution in [0.25, 0.3) is 0 Å². The van der Waals surface area contributed by atoms with E-state index >= 15 is 0 Å². The van der Waals surface area contributed by atoms with Gasteiger partial charge >= 0.3 is 0 Å². The zero-order chi connectivity index (χ0) is 21.4. The second-order valence-corrected chi connectivity index (χ2v) is 10.1. The second-order valence-electron chi connectivity index (χ2n) is 7.74. The van der Waals surface area contributed by atoms with Crippen LogP contribution in [0.1, 0.15) is 40.6 Å². The summed E-state index contributed by atoms with van der Waals surface area (Å²) in [5.41, 5.74) is 5.62. The summed E-state index contributed by atoms with van der Waals surface area (Å²) in [5.74, 6) is 0. The topological polar surface area (TPSA) is 65.1 Å². The number of benzene rings is 2. The smallest absolute Gasteiger partial charge is 0.219 e. The molecule has 2 N–H and O–H groups in total. The Morgan fingerprint density at radius 2 is 1.66 bits per heavy atom. The Morgan fingerprint density at radius 1 is 1.07 bits per heavy atom. The van der Waals surface area contributed by atoms with Gasteiger partial charge in [-0.15, -0.1) is 0 Å². The Kier molecular flexibility index (Phi) is 5.81. The number of thiocarbonyl (C=S) groups is 1. The molecule has 152 valence electrons. The Bertz CT molecular complexity index is 1150. The van der Waals surface area contributed by atoms with Crippen LogP contribution in [0.5, 0.6) is 0 Å². The number of sulfonamides is 1. The molecule has 1 aromatic heterocycles. The summed E-state index contributed by atoms with van der Waals surface area (Å²) in [6.07, 6.45) is 0.254. The highest BCUT2D eigenvalue weighted by Gasteiger charge is 2.39. The van der Waals surface area contributed by atoms with Crippen LogP contribution in [0.3, 0.4) is 0 Å². The molecule has 1 atom stereocenters. The predicted octanol–water partition coefficient (Wildman–Crippen LogP) is 4.15. The van der Waals surface area contributed by atoms with E-state index in [0.717, 1.165) is 27.4 Å². The number of rotatable bonds is 6. The van der Waals surface area contributed by atoms with Crippen molar-refractivity contribution in [2.75, 3.05) is 0 Å². The van der Waals surface area contributed by atoms with Gasteiger partial charge in [0.05, 0.1) is 10.6 Å². The monoisotopic (exact) mass is 426 g/mol. The lowest BCUT2D eigenvalue weighted by atomic mass is 9.95. The second kappa shape index (κ2) is 7.86. The summed E-state index contributed by atoms with van der Waals surface area (Å²) in [6.45, 7) is 5.71. The standard InChI is InChI=1S/C23H26N2O2S2/c1-16-10-12-18(13-11-16)22(28)21-17(2)14-20(25(21)4)15-23(3,29(24,26)27)19-8-6-5-7-9-19/h5-14H,15H2,1-4H3,(H2,24,26,27). The average Bonchev–Trinajstić information content (AvgIpc) is 2.94. The summed E-state index contributed by atoms with van der Waals surface area (Å²) in [6, 6.07) is 19.2. The lowest BCUT2D eigenvalue weighted by molar-refractivity contribution is 0.530. The van der Waals surface area contributed by atoms with Crippen molar-refractivity contribution >= 4 is 27.1 Å². The molecule has 0 fully saturated rings. The summed E-state index contributed by atoms with van der Waals surface area (Å²) < 4.78 is 25.9. The Hall–Kier alpha value is -2.28. The maximum Gasteiger partial charge on any atom is 0.219 e. The number of hydrogen-bond acceptors (Lipinski definition) is 3. The Labute approximate surface area is 178 Å². The zero-order valence-corrected chi connectivity index (χ0v) is 18.8. The highest BCUT2D eigenvalue weighted by molar-refractivity contribution is 7.90. The van der Waals surface area contributed by atoms with E-state index in [1.165, 1.54) is 5.56 Å². The van der Waals surface area contributed by atoms with Crippen LogP contribution in [0, 0.1) is 13.8 Å². The van der Waals surface area contributed by atoms with Gasteiger partial charge in [-0.05, 0) is 43.5 Å². The molecule has 29 heavy (non-hydrogen) atoms. The van der Waals surface area contributed by atoms with Crippen molar-refractivity contribution in [3.8, 4) is 0 Å². The van der Waals surface area contributed by atoms with Gasteiger partial charge < -0.3 is 4.57 Å². The molecule has 3 rings (SSSR count). The molecule has 4 nitrogen and oxygen atoms in total. The quantitative estimate of drug-likeness (QED) is 0.476. The Morgan fingerprint density at radius 3 is 2.21 bits per heavy atom. The van der Waals surface area contributed by atoms with Gasteiger partial charge in [-0.3, -0.25) is 0 Å². The molecule has 0 bridgehead atoms. The molecule has 0 saturated heterocycles. The molecule has 0 radical (unpaired) electrons. The largest absolute Gasteiger partial charge is 0.347 e. The number of hydrogen-bond donors (Lipinski definition) is 1. The summed E-state index contributed by atoms with van der Waals surface area (Å²) >= 11 is 5.76. The minimum Gasteiger partial charge on any atom is -0.347 e. The molecule has 0 saturated carbocycles. The van der Waals surface area contributed by atoms with Gasteiger partial charge in [0.25, 0.3) is 0 Å². The molecule has 1 heterocycles. The highest BCUT2D eigenvalue weighted by Crippen LogP contribution is 2.33. The first-order chi connectivity index (χ1) is 13.5. The summed E-state index contributed by atoms with van der Waals surface area (Å²) in [4.78, 5) is 0.744. The molecule has 6 heteroatoms. The van der Waals surface area contributed by atoms with Crippen LogP contribution >= 0.6 is 12.2 Å². The van der Waals surface area contributed by atoms with E-state index in [0.29, 0.717) is 5.56 Å². The van der Waals surface area contributed by atoms with Crippen molar-refractivity contribution < 1.29 is 8.42 Å². The summed E-state index contributed by atoms with van der Waals surface area (Å²) in [5, 5.41) is 5.69. The molecule has 0 aliphatic heterocycles. The normalized spacial score (nSPS) is 13.8. The first-order valence-corrected chi connectivity index (χ1v) is 11.3. The van der Waals surface area contributed by atoms with Crippen molar-refractivity contribution in [3.05, 3.63) is 94.3 Å². The average molecular weight is 427 g/mol. The van der Waals surface area contributed by atoms with Crippen LogP contribution < -0.4 is 5.14 Å². The fourth-order valence-electron chi connectivity index (χ4n) is 3.67. The van der Waals surface area contributed by atoms with E-state index in [4.69, 9.17) is 17.4 Å². The SMILES string of the molecule is Cc1ccc(C(=S)c2c(C)cc(CC(C)(c3ccccc3)S(N)(=O)=O)n2C)cc1. The molecule has 3 aromatic rings. The minimum absolute atomic E-state index is 0.254. The highest BCUT2D eigenvalue weighted by atomic mass is 32.2. The van der Waals surface area contributed by atoms with E-state index in [9.17, 15) is 8.42 Å². The summed E-state index contributed by atoms with van der Waals surface area (Å²) in [7, 11) is -1.94. The van der Waals surface area contributed by atoms with E-state index in [1.54, 1.807) is 19.1 Å². The van der Waals surface area contributed by atoms with Crippen molar-refractivity contribution in [2.24, 2.45) is 12.2 Å². The molecule has 2 aromatic carbocycles.